The Labute approximate surface area is 113 Å². The summed E-state index contributed by atoms with van der Waals surface area (Å²) in [6.07, 6.45) is 2.69. The third-order valence-electron chi connectivity index (χ3n) is 3.41. The van der Waals surface area contributed by atoms with Crippen molar-refractivity contribution in [3.8, 4) is 0 Å². The van der Waals surface area contributed by atoms with Crippen molar-refractivity contribution >= 4 is 16.0 Å². The van der Waals surface area contributed by atoms with E-state index in [0.717, 1.165) is 6.54 Å². The third-order valence-corrected chi connectivity index (χ3v) is 5.23. The van der Waals surface area contributed by atoms with Gasteiger partial charge < -0.3 is 10.2 Å². The van der Waals surface area contributed by atoms with E-state index >= 15 is 0 Å². The standard InChI is InChI=1S/C11H19N5O2S/c1-9-8-16(5-4-15(9)3)19(17,18)10-6-13-11(12-2)14-7-10/h6-7,9H,4-5,8H2,1-3H3,(H,12,13,14). The summed E-state index contributed by atoms with van der Waals surface area (Å²) in [4.78, 5) is 10.2. The lowest BCUT2D eigenvalue weighted by Gasteiger charge is -2.36. The summed E-state index contributed by atoms with van der Waals surface area (Å²) >= 11 is 0. The molecule has 0 aliphatic carbocycles. The zero-order valence-corrected chi connectivity index (χ0v) is 12.2. The lowest BCUT2D eigenvalue weighted by Crippen LogP contribution is -2.51. The maximum absolute atomic E-state index is 12.4. The first kappa shape index (κ1) is 14.2. The van der Waals surface area contributed by atoms with Crippen LogP contribution in [0.1, 0.15) is 6.92 Å². The van der Waals surface area contributed by atoms with Crippen molar-refractivity contribution in [2.45, 2.75) is 17.9 Å². The molecule has 1 atom stereocenters. The first-order valence-corrected chi connectivity index (χ1v) is 7.59. The molecule has 1 aromatic rings. The summed E-state index contributed by atoms with van der Waals surface area (Å²) in [5.74, 6) is 0.408. The second-order valence-corrected chi connectivity index (χ2v) is 6.62. The van der Waals surface area contributed by atoms with Gasteiger partial charge in [-0.1, -0.05) is 0 Å². The molecule has 1 aliphatic heterocycles. The summed E-state index contributed by atoms with van der Waals surface area (Å²) < 4.78 is 26.4. The smallest absolute Gasteiger partial charge is 0.246 e. The maximum atomic E-state index is 12.4. The van der Waals surface area contributed by atoms with Crippen LogP contribution in [-0.4, -0.2) is 67.4 Å². The summed E-state index contributed by atoms with van der Waals surface area (Å²) in [6.45, 7) is 3.74. The molecule has 0 radical (unpaired) electrons. The highest BCUT2D eigenvalue weighted by Crippen LogP contribution is 2.18. The van der Waals surface area contributed by atoms with Crippen molar-refractivity contribution in [3.05, 3.63) is 12.4 Å². The number of hydrogen-bond acceptors (Lipinski definition) is 6. The molecule has 1 aromatic heterocycles. The molecule has 1 saturated heterocycles. The van der Waals surface area contributed by atoms with Crippen LogP contribution < -0.4 is 5.32 Å². The Morgan fingerprint density at radius 2 is 1.95 bits per heavy atom. The number of sulfonamides is 1. The van der Waals surface area contributed by atoms with E-state index in [4.69, 9.17) is 0 Å². The minimum atomic E-state index is -3.49. The molecule has 2 rings (SSSR count). The van der Waals surface area contributed by atoms with Gasteiger partial charge in [0.15, 0.2) is 0 Å². The fraction of sp³-hybridized carbons (Fsp3) is 0.636. The Kier molecular flexibility index (Phi) is 4.02. The molecule has 2 heterocycles. The van der Waals surface area contributed by atoms with E-state index in [1.807, 2.05) is 14.0 Å². The highest BCUT2D eigenvalue weighted by molar-refractivity contribution is 7.89. The number of hydrogen-bond donors (Lipinski definition) is 1. The van der Waals surface area contributed by atoms with Gasteiger partial charge in [-0.15, -0.1) is 0 Å². The van der Waals surface area contributed by atoms with Crippen molar-refractivity contribution in [3.63, 3.8) is 0 Å². The van der Waals surface area contributed by atoms with Gasteiger partial charge in [-0.05, 0) is 14.0 Å². The summed E-state index contributed by atoms with van der Waals surface area (Å²) in [6, 6.07) is 0.209. The van der Waals surface area contributed by atoms with Gasteiger partial charge >= 0.3 is 0 Å². The number of likely N-dealkylation sites (N-methyl/N-ethyl adjacent to an activating group) is 1. The Hall–Kier alpha value is -1.25. The Morgan fingerprint density at radius 3 is 2.47 bits per heavy atom. The molecule has 0 spiro atoms. The minimum absolute atomic E-state index is 0.142. The number of aromatic nitrogens is 2. The molecule has 0 amide bonds. The Morgan fingerprint density at radius 1 is 1.32 bits per heavy atom. The molecule has 1 unspecified atom stereocenters. The monoisotopic (exact) mass is 285 g/mol. The Bertz CT molecular complexity index is 531. The predicted molar refractivity (Wildman–Crippen MR) is 72.4 cm³/mol. The normalized spacial score (nSPS) is 22.4. The van der Waals surface area contributed by atoms with Gasteiger partial charge in [0.05, 0.1) is 12.4 Å². The van der Waals surface area contributed by atoms with E-state index in [2.05, 4.69) is 20.2 Å². The van der Waals surface area contributed by atoms with Crippen LogP contribution in [0.3, 0.4) is 0 Å². The second-order valence-electron chi connectivity index (χ2n) is 4.69. The average molecular weight is 285 g/mol. The molecule has 7 nitrogen and oxygen atoms in total. The molecular weight excluding hydrogens is 266 g/mol. The van der Waals surface area contributed by atoms with Crippen LogP contribution >= 0.6 is 0 Å². The van der Waals surface area contributed by atoms with Gasteiger partial charge in [0, 0.05) is 32.7 Å². The van der Waals surface area contributed by atoms with E-state index in [1.165, 1.54) is 16.7 Å². The zero-order valence-electron chi connectivity index (χ0n) is 11.4. The Balaban J connectivity index is 2.21. The minimum Gasteiger partial charge on any atom is -0.357 e. The van der Waals surface area contributed by atoms with Crippen molar-refractivity contribution in [1.82, 2.24) is 19.2 Å². The molecular formula is C11H19N5O2S. The van der Waals surface area contributed by atoms with Crippen molar-refractivity contribution < 1.29 is 8.42 Å². The van der Waals surface area contributed by atoms with Gasteiger partial charge in [-0.3, -0.25) is 0 Å². The SMILES string of the molecule is CNc1ncc(S(=O)(=O)N2CCN(C)C(C)C2)cn1. The molecule has 0 bridgehead atoms. The fourth-order valence-electron chi connectivity index (χ4n) is 1.96. The molecule has 106 valence electrons. The first-order chi connectivity index (χ1) is 8.95. The van der Waals surface area contributed by atoms with Crippen molar-refractivity contribution in [2.75, 3.05) is 39.0 Å². The number of anilines is 1. The maximum Gasteiger partial charge on any atom is 0.246 e. The van der Waals surface area contributed by atoms with E-state index in [1.54, 1.807) is 7.05 Å². The fourth-order valence-corrected chi connectivity index (χ4v) is 3.36. The number of piperazine rings is 1. The van der Waals surface area contributed by atoms with Gasteiger partial charge in [0.2, 0.25) is 16.0 Å². The highest BCUT2D eigenvalue weighted by atomic mass is 32.2. The molecule has 1 aliphatic rings. The lowest BCUT2D eigenvalue weighted by atomic mass is 10.2. The van der Waals surface area contributed by atoms with E-state index in [0.29, 0.717) is 19.0 Å². The molecule has 1 N–H and O–H groups in total. The topological polar surface area (TPSA) is 78.4 Å². The van der Waals surface area contributed by atoms with Crippen LogP contribution in [0.5, 0.6) is 0 Å². The summed E-state index contributed by atoms with van der Waals surface area (Å²) in [5, 5.41) is 2.76. The molecule has 0 saturated carbocycles. The zero-order chi connectivity index (χ0) is 14.0. The van der Waals surface area contributed by atoms with Crippen LogP contribution in [0.25, 0.3) is 0 Å². The molecule has 0 aromatic carbocycles. The predicted octanol–water partition coefficient (Wildman–Crippen LogP) is -0.157. The van der Waals surface area contributed by atoms with E-state index < -0.39 is 10.0 Å². The number of nitrogens with zero attached hydrogens (tertiary/aromatic N) is 4. The highest BCUT2D eigenvalue weighted by Gasteiger charge is 2.31. The van der Waals surface area contributed by atoms with Gasteiger partial charge in [0.25, 0.3) is 0 Å². The number of nitrogens with one attached hydrogen (secondary N) is 1. The van der Waals surface area contributed by atoms with Crippen LogP contribution in [0.15, 0.2) is 17.3 Å². The summed E-state index contributed by atoms with van der Waals surface area (Å²) in [5.41, 5.74) is 0. The third kappa shape index (κ3) is 2.85. The van der Waals surface area contributed by atoms with Crippen LogP contribution in [0.4, 0.5) is 5.95 Å². The van der Waals surface area contributed by atoms with Crippen LogP contribution in [0, 0.1) is 0 Å². The van der Waals surface area contributed by atoms with Crippen molar-refractivity contribution in [2.24, 2.45) is 0 Å². The van der Waals surface area contributed by atoms with Gasteiger partial charge in [0.1, 0.15) is 4.90 Å². The molecule has 8 heteroatoms. The second kappa shape index (κ2) is 5.40. The molecule has 1 fully saturated rings. The van der Waals surface area contributed by atoms with Gasteiger partial charge in [-0.25, -0.2) is 18.4 Å². The number of rotatable bonds is 3. The van der Waals surface area contributed by atoms with E-state index in [9.17, 15) is 8.42 Å². The summed E-state index contributed by atoms with van der Waals surface area (Å²) in [7, 11) is 0.196. The van der Waals surface area contributed by atoms with Crippen LogP contribution in [0.2, 0.25) is 0 Å². The van der Waals surface area contributed by atoms with E-state index in [-0.39, 0.29) is 10.9 Å². The largest absolute Gasteiger partial charge is 0.357 e. The van der Waals surface area contributed by atoms with Crippen LogP contribution in [-0.2, 0) is 10.0 Å². The average Bonchev–Trinajstić information content (AvgIpc) is 2.41. The molecule has 19 heavy (non-hydrogen) atoms. The first-order valence-electron chi connectivity index (χ1n) is 6.15. The van der Waals surface area contributed by atoms with Crippen molar-refractivity contribution in [1.29, 1.82) is 0 Å². The lowest BCUT2D eigenvalue weighted by molar-refractivity contribution is 0.159. The quantitative estimate of drug-likeness (QED) is 0.831. The van der Waals surface area contributed by atoms with Gasteiger partial charge in [-0.2, -0.15) is 4.31 Å².